The van der Waals surface area contributed by atoms with E-state index >= 15 is 0 Å². The number of rotatable bonds is 10. The molecule has 1 aromatic carbocycles. The first-order valence-electron chi connectivity index (χ1n) is 6.85. The summed E-state index contributed by atoms with van der Waals surface area (Å²) in [6, 6.07) is 7.47. The normalized spacial score (nSPS) is 14.2. The molecule has 0 fully saturated rings. The number of methoxy groups -OCH3 is 1. The van der Waals surface area contributed by atoms with E-state index in [4.69, 9.17) is 31.5 Å². The Morgan fingerprint density at radius 2 is 1.90 bits per heavy atom. The maximum absolute atomic E-state index is 6.18. The van der Waals surface area contributed by atoms with Crippen molar-refractivity contribution in [2.75, 3.05) is 33.5 Å². The third-order valence-electron chi connectivity index (χ3n) is 2.85. The lowest BCUT2D eigenvalue weighted by Crippen LogP contribution is -2.28. The van der Waals surface area contributed by atoms with E-state index < -0.39 is 0 Å². The van der Waals surface area contributed by atoms with Crippen molar-refractivity contribution in [1.29, 1.82) is 0 Å². The second-order valence-electron chi connectivity index (χ2n) is 4.63. The van der Waals surface area contributed by atoms with Gasteiger partial charge in [-0.25, -0.2) is 0 Å². The first kappa shape index (κ1) is 17.4. The van der Waals surface area contributed by atoms with Crippen molar-refractivity contribution in [3.05, 3.63) is 34.9 Å². The van der Waals surface area contributed by atoms with Gasteiger partial charge in [0.25, 0.3) is 0 Å². The summed E-state index contributed by atoms with van der Waals surface area (Å²) in [4.78, 5) is 0. The Kier molecular flexibility index (Phi) is 8.82. The largest absolute Gasteiger partial charge is 0.385 e. The summed E-state index contributed by atoms with van der Waals surface area (Å²) in [5.41, 5.74) is 6.90. The van der Waals surface area contributed by atoms with Gasteiger partial charge in [0.05, 0.1) is 19.3 Å². The van der Waals surface area contributed by atoms with Crippen molar-refractivity contribution in [1.82, 2.24) is 0 Å². The molecule has 1 rings (SSSR count). The van der Waals surface area contributed by atoms with Crippen molar-refractivity contribution >= 4 is 11.6 Å². The third kappa shape index (κ3) is 6.20. The van der Waals surface area contributed by atoms with Gasteiger partial charge in [0.1, 0.15) is 0 Å². The fourth-order valence-electron chi connectivity index (χ4n) is 1.87. The molecule has 20 heavy (non-hydrogen) atoms. The van der Waals surface area contributed by atoms with Gasteiger partial charge in [-0.05, 0) is 19.4 Å². The molecule has 0 radical (unpaired) electrons. The zero-order valence-corrected chi connectivity index (χ0v) is 12.9. The molecule has 5 heteroatoms. The van der Waals surface area contributed by atoms with E-state index in [-0.39, 0.29) is 12.1 Å². The molecule has 0 aliphatic rings. The quantitative estimate of drug-likeness (QED) is 0.675. The van der Waals surface area contributed by atoms with Crippen LogP contribution in [0.1, 0.15) is 25.0 Å². The van der Waals surface area contributed by atoms with Gasteiger partial charge in [0.15, 0.2) is 0 Å². The van der Waals surface area contributed by atoms with Crippen molar-refractivity contribution in [3.8, 4) is 0 Å². The van der Waals surface area contributed by atoms with Crippen LogP contribution in [-0.2, 0) is 14.2 Å². The number of nitrogens with two attached hydrogens (primary N) is 1. The molecule has 0 heterocycles. The van der Waals surface area contributed by atoms with Crippen LogP contribution >= 0.6 is 11.6 Å². The van der Waals surface area contributed by atoms with Crippen LogP contribution in [0.5, 0.6) is 0 Å². The molecule has 0 saturated carbocycles. The van der Waals surface area contributed by atoms with Crippen LogP contribution in [0.15, 0.2) is 24.3 Å². The molecule has 2 unspecified atom stereocenters. The minimum Gasteiger partial charge on any atom is -0.385 e. The SMILES string of the molecule is COCCCOCCOC(c1ccccc1Cl)C(C)N. The van der Waals surface area contributed by atoms with Gasteiger partial charge >= 0.3 is 0 Å². The highest BCUT2D eigenvalue weighted by Crippen LogP contribution is 2.27. The maximum Gasteiger partial charge on any atom is 0.0988 e. The molecule has 2 atom stereocenters. The summed E-state index contributed by atoms with van der Waals surface area (Å²) in [5.74, 6) is 0. The lowest BCUT2D eigenvalue weighted by Gasteiger charge is -2.22. The second kappa shape index (κ2) is 10.1. The van der Waals surface area contributed by atoms with Gasteiger partial charge in [-0.15, -0.1) is 0 Å². The Balaban J connectivity index is 2.36. The van der Waals surface area contributed by atoms with E-state index in [1.807, 2.05) is 31.2 Å². The number of hydrogen-bond donors (Lipinski definition) is 1. The maximum atomic E-state index is 6.18. The standard InChI is InChI=1S/C15H24ClNO3/c1-12(17)15(13-6-3-4-7-14(13)16)20-11-10-19-9-5-8-18-2/h3-4,6-7,12,15H,5,8-11,17H2,1-2H3. The van der Waals surface area contributed by atoms with Gasteiger partial charge in [-0.1, -0.05) is 29.8 Å². The van der Waals surface area contributed by atoms with Gasteiger partial charge in [-0.2, -0.15) is 0 Å². The molecular weight excluding hydrogens is 278 g/mol. The van der Waals surface area contributed by atoms with E-state index in [0.717, 1.165) is 12.0 Å². The molecule has 1 aromatic rings. The summed E-state index contributed by atoms with van der Waals surface area (Å²) >= 11 is 6.18. The predicted octanol–water partition coefficient (Wildman–Crippen LogP) is 2.80. The van der Waals surface area contributed by atoms with Crippen LogP contribution in [0, 0.1) is 0 Å². The van der Waals surface area contributed by atoms with E-state index in [1.54, 1.807) is 7.11 Å². The lowest BCUT2D eigenvalue weighted by molar-refractivity contribution is -0.00759. The minimum atomic E-state index is -0.216. The average Bonchev–Trinajstić information content (AvgIpc) is 2.43. The summed E-state index contributed by atoms with van der Waals surface area (Å²) in [6.07, 6.45) is 0.670. The fraction of sp³-hybridized carbons (Fsp3) is 0.600. The molecule has 4 nitrogen and oxygen atoms in total. The zero-order valence-electron chi connectivity index (χ0n) is 12.2. The molecule has 0 spiro atoms. The van der Waals surface area contributed by atoms with Gasteiger partial charge in [0.2, 0.25) is 0 Å². The van der Waals surface area contributed by atoms with Crippen LogP contribution in [-0.4, -0.2) is 39.6 Å². The van der Waals surface area contributed by atoms with Crippen molar-refractivity contribution < 1.29 is 14.2 Å². The molecule has 114 valence electrons. The Hall–Kier alpha value is -0.650. The summed E-state index contributed by atoms with van der Waals surface area (Å²) in [7, 11) is 1.68. The average molecular weight is 302 g/mol. The molecule has 0 aliphatic heterocycles. The molecule has 0 saturated heterocycles. The van der Waals surface area contributed by atoms with Crippen LogP contribution < -0.4 is 5.73 Å². The van der Waals surface area contributed by atoms with E-state index in [2.05, 4.69) is 0 Å². The first-order valence-corrected chi connectivity index (χ1v) is 7.23. The molecule has 0 amide bonds. The second-order valence-corrected chi connectivity index (χ2v) is 5.04. The summed E-state index contributed by atoms with van der Waals surface area (Å²) in [6.45, 7) is 4.32. The Bertz CT molecular complexity index is 374. The number of halogens is 1. The fourth-order valence-corrected chi connectivity index (χ4v) is 2.12. The zero-order chi connectivity index (χ0) is 14.8. The van der Waals surface area contributed by atoms with E-state index in [0.29, 0.717) is 31.5 Å². The van der Waals surface area contributed by atoms with E-state index in [1.165, 1.54) is 0 Å². The highest BCUT2D eigenvalue weighted by Gasteiger charge is 2.19. The predicted molar refractivity (Wildman–Crippen MR) is 81.1 cm³/mol. The molecule has 0 aromatic heterocycles. The monoisotopic (exact) mass is 301 g/mol. The molecular formula is C15H24ClNO3. The number of ether oxygens (including phenoxy) is 3. The summed E-state index contributed by atoms with van der Waals surface area (Å²) < 4.78 is 16.2. The highest BCUT2D eigenvalue weighted by molar-refractivity contribution is 6.31. The smallest absolute Gasteiger partial charge is 0.0988 e. The van der Waals surface area contributed by atoms with Crippen LogP contribution in [0.2, 0.25) is 5.02 Å². The van der Waals surface area contributed by atoms with Crippen LogP contribution in [0.25, 0.3) is 0 Å². The Morgan fingerprint density at radius 1 is 1.15 bits per heavy atom. The lowest BCUT2D eigenvalue weighted by atomic mass is 10.0. The molecule has 2 N–H and O–H groups in total. The minimum absolute atomic E-state index is 0.136. The molecule has 0 bridgehead atoms. The third-order valence-corrected chi connectivity index (χ3v) is 3.20. The van der Waals surface area contributed by atoms with Gasteiger partial charge in [-0.3, -0.25) is 0 Å². The topological polar surface area (TPSA) is 53.7 Å². The van der Waals surface area contributed by atoms with Gasteiger partial charge in [0, 0.05) is 37.0 Å². The van der Waals surface area contributed by atoms with Crippen molar-refractivity contribution in [3.63, 3.8) is 0 Å². The van der Waals surface area contributed by atoms with Crippen LogP contribution in [0.3, 0.4) is 0 Å². The van der Waals surface area contributed by atoms with Crippen molar-refractivity contribution in [2.45, 2.75) is 25.5 Å². The first-order chi connectivity index (χ1) is 9.66. The Labute approximate surface area is 126 Å². The van der Waals surface area contributed by atoms with Crippen LogP contribution in [0.4, 0.5) is 0 Å². The summed E-state index contributed by atoms with van der Waals surface area (Å²) in [5, 5.41) is 0.677. The Morgan fingerprint density at radius 3 is 2.55 bits per heavy atom. The molecule has 0 aliphatic carbocycles. The number of benzene rings is 1. The number of hydrogen-bond acceptors (Lipinski definition) is 4. The van der Waals surface area contributed by atoms with Crippen molar-refractivity contribution in [2.24, 2.45) is 5.73 Å². The highest BCUT2D eigenvalue weighted by atomic mass is 35.5. The van der Waals surface area contributed by atoms with E-state index in [9.17, 15) is 0 Å². The van der Waals surface area contributed by atoms with Gasteiger partial charge < -0.3 is 19.9 Å².